The third-order valence-corrected chi connectivity index (χ3v) is 4.87. The van der Waals surface area contributed by atoms with Crippen molar-refractivity contribution in [3.8, 4) is 0 Å². The van der Waals surface area contributed by atoms with E-state index in [4.69, 9.17) is 4.74 Å². The highest BCUT2D eigenvalue weighted by atomic mass is 32.1. The molecule has 1 atom stereocenters. The summed E-state index contributed by atoms with van der Waals surface area (Å²) < 4.78 is 5.25. The molecule has 1 amide bonds. The van der Waals surface area contributed by atoms with Gasteiger partial charge >= 0.3 is 5.97 Å². The van der Waals surface area contributed by atoms with Gasteiger partial charge in [0.05, 0.1) is 0 Å². The fraction of sp³-hybridized carbons (Fsp3) is 0.316. The highest BCUT2D eigenvalue weighted by molar-refractivity contribution is 7.14. The number of hydrogen-bond acceptors (Lipinski definition) is 5. The lowest BCUT2D eigenvalue weighted by Crippen LogP contribution is -2.29. The summed E-state index contributed by atoms with van der Waals surface area (Å²) in [5, 5.41) is 2.66. The zero-order valence-electron chi connectivity index (χ0n) is 14.7. The van der Waals surface area contributed by atoms with Gasteiger partial charge in [-0.15, -0.1) is 11.3 Å². The Morgan fingerprint density at radius 2 is 1.96 bits per heavy atom. The Morgan fingerprint density at radius 1 is 1.24 bits per heavy atom. The van der Waals surface area contributed by atoms with Gasteiger partial charge in [-0.25, -0.2) is 4.79 Å². The van der Waals surface area contributed by atoms with Crippen molar-refractivity contribution in [2.75, 3.05) is 5.32 Å². The van der Waals surface area contributed by atoms with Gasteiger partial charge in [0.25, 0.3) is 5.91 Å². The zero-order chi connectivity index (χ0) is 18.6. The van der Waals surface area contributed by atoms with E-state index < -0.39 is 18.0 Å². The van der Waals surface area contributed by atoms with Gasteiger partial charge in [0.15, 0.2) is 11.9 Å². The van der Waals surface area contributed by atoms with Crippen molar-refractivity contribution >= 4 is 34.7 Å². The fourth-order valence-corrected chi connectivity index (χ4v) is 3.30. The second-order valence-electron chi connectivity index (χ2n) is 5.72. The van der Waals surface area contributed by atoms with Crippen LogP contribution in [0, 0.1) is 6.92 Å². The van der Waals surface area contributed by atoms with Crippen molar-refractivity contribution in [3.63, 3.8) is 0 Å². The smallest absolute Gasteiger partial charge is 0.349 e. The summed E-state index contributed by atoms with van der Waals surface area (Å²) in [5.41, 5.74) is 2.10. The minimum Gasteiger partial charge on any atom is -0.448 e. The Labute approximate surface area is 151 Å². The van der Waals surface area contributed by atoms with Gasteiger partial charge in [0.1, 0.15) is 4.88 Å². The number of carbonyl (C=O) groups excluding carboxylic acids is 3. The van der Waals surface area contributed by atoms with E-state index in [9.17, 15) is 14.4 Å². The first-order chi connectivity index (χ1) is 11.8. The summed E-state index contributed by atoms with van der Waals surface area (Å²) in [6.45, 7) is 6.95. The monoisotopic (exact) mass is 359 g/mol. The number of carbonyl (C=O) groups is 3. The molecule has 0 spiro atoms. The van der Waals surface area contributed by atoms with Crippen LogP contribution in [0.5, 0.6) is 0 Å². The number of esters is 1. The number of aryl methyl sites for hydroxylation is 2. The van der Waals surface area contributed by atoms with Crippen molar-refractivity contribution in [1.29, 1.82) is 0 Å². The van der Waals surface area contributed by atoms with E-state index in [2.05, 4.69) is 5.32 Å². The standard InChI is InChI=1S/C19H21NO4S/c1-5-14-10-17(25-13(14)4)19(23)24-12(3)18(22)20-16-8-6-7-15(9-16)11(2)21/h6-10,12H,5H2,1-4H3,(H,20,22)/t12-/m0/s1. The Balaban J connectivity index is 2.01. The van der Waals surface area contributed by atoms with Crippen LogP contribution in [-0.4, -0.2) is 23.8 Å². The third-order valence-electron chi connectivity index (χ3n) is 3.79. The van der Waals surface area contributed by atoms with Crippen molar-refractivity contribution in [3.05, 3.63) is 51.2 Å². The lowest BCUT2D eigenvalue weighted by Gasteiger charge is -2.13. The van der Waals surface area contributed by atoms with Gasteiger partial charge in [0, 0.05) is 16.1 Å². The predicted octanol–water partition coefficient (Wildman–Crippen LogP) is 4.01. The van der Waals surface area contributed by atoms with E-state index in [-0.39, 0.29) is 5.78 Å². The second-order valence-corrected chi connectivity index (χ2v) is 6.98. The molecule has 1 aromatic carbocycles. The van der Waals surface area contributed by atoms with Gasteiger partial charge in [0.2, 0.25) is 0 Å². The van der Waals surface area contributed by atoms with Crippen molar-refractivity contribution < 1.29 is 19.1 Å². The van der Waals surface area contributed by atoms with Crippen LogP contribution in [0.1, 0.15) is 51.2 Å². The molecule has 2 aromatic rings. The molecule has 1 heterocycles. The summed E-state index contributed by atoms with van der Waals surface area (Å²) in [6.07, 6.45) is -0.0982. The SMILES string of the molecule is CCc1cc(C(=O)O[C@@H](C)C(=O)Nc2cccc(C(C)=O)c2)sc1C. The summed E-state index contributed by atoms with van der Waals surface area (Å²) in [7, 11) is 0. The molecule has 0 bridgehead atoms. The molecule has 6 heteroatoms. The maximum Gasteiger partial charge on any atom is 0.349 e. The Kier molecular flexibility index (Phi) is 6.09. The first-order valence-corrected chi connectivity index (χ1v) is 8.85. The third kappa shape index (κ3) is 4.76. The van der Waals surface area contributed by atoms with Crippen LogP contribution in [0.3, 0.4) is 0 Å². The van der Waals surface area contributed by atoms with E-state index in [1.807, 2.05) is 19.9 Å². The lowest BCUT2D eigenvalue weighted by atomic mass is 10.1. The molecule has 0 saturated heterocycles. The van der Waals surface area contributed by atoms with Crippen molar-refractivity contribution in [2.45, 2.75) is 40.2 Å². The van der Waals surface area contributed by atoms with Crippen molar-refractivity contribution in [1.82, 2.24) is 0 Å². The molecular formula is C19H21NO4S. The van der Waals surface area contributed by atoms with E-state index in [1.54, 1.807) is 24.3 Å². The summed E-state index contributed by atoms with van der Waals surface area (Å²) in [4.78, 5) is 37.4. The average Bonchev–Trinajstić information content (AvgIpc) is 2.96. The quantitative estimate of drug-likeness (QED) is 0.625. The minimum absolute atomic E-state index is 0.0876. The first kappa shape index (κ1) is 18.9. The highest BCUT2D eigenvalue weighted by Crippen LogP contribution is 2.23. The number of amides is 1. The summed E-state index contributed by atoms with van der Waals surface area (Å²) in [6, 6.07) is 8.43. The topological polar surface area (TPSA) is 72.5 Å². The number of Topliss-reactive ketones (excluding diaryl/α,β-unsaturated/α-hetero) is 1. The number of ketones is 1. The molecule has 0 saturated carbocycles. The molecule has 2 rings (SSSR count). The number of nitrogens with one attached hydrogen (secondary N) is 1. The van der Waals surface area contributed by atoms with Gasteiger partial charge in [-0.2, -0.15) is 0 Å². The Hall–Kier alpha value is -2.47. The van der Waals surface area contributed by atoms with Crippen LogP contribution in [0.2, 0.25) is 0 Å². The molecule has 0 aliphatic rings. The number of benzene rings is 1. The molecule has 5 nitrogen and oxygen atoms in total. The van der Waals surface area contributed by atoms with Crippen LogP contribution in [0.15, 0.2) is 30.3 Å². The maximum absolute atomic E-state index is 12.2. The van der Waals surface area contributed by atoms with Crippen molar-refractivity contribution in [2.24, 2.45) is 0 Å². The predicted molar refractivity (Wildman–Crippen MR) is 98.4 cm³/mol. The maximum atomic E-state index is 12.2. The van der Waals surface area contributed by atoms with E-state index in [1.165, 1.54) is 25.2 Å². The molecule has 132 valence electrons. The highest BCUT2D eigenvalue weighted by Gasteiger charge is 2.21. The summed E-state index contributed by atoms with van der Waals surface area (Å²) in [5.74, 6) is -1.04. The second kappa shape index (κ2) is 8.07. The van der Waals surface area contributed by atoms with Gasteiger partial charge < -0.3 is 10.1 Å². The number of anilines is 1. The van der Waals surface area contributed by atoms with Crippen LogP contribution >= 0.6 is 11.3 Å². The molecule has 0 fully saturated rings. The zero-order valence-corrected chi connectivity index (χ0v) is 15.5. The fourth-order valence-electron chi connectivity index (χ4n) is 2.30. The minimum atomic E-state index is -0.944. The van der Waals surface area contributed by atoms with Crippen LogP contribution in [-0.2, 0) is 16.0 Å². The molecule has 1 N–H and O–H groups in total. The average molecular weight is 359 g/mol. The first-order valence-electron chi connectivity index (χ1n) is 8.04. The van der Waals surface area contributed by atoms with Gasteiger partial charge in [-0.3, -0.25) is 9.59 Å². The molecule has 1 aromatic heterocycles. The molecule has 0 unspecified atom stereocenters. The number of hydrogen-bond donors (Lipinski definition) is 1. The largest absolute Gasteiger partial charge is 0.448 e. The molecule has 0 aliphatic heterocycles. The number of rotatable bonds is 6. The van der Waals surface area contributed by atoms with Crippen LogP contribution in [0.4, 0.5) is 5.69 Å². The molecule has 25 heavy (non-hydrogen) atoms. The van der Waals surface area contributed by atoms with E-state index in [0.29, 0.717) is 16.1 Å². The van der Waals surface area contributed by atoms with Gasteiger partial charge in [-0.1, -0.05) is 19.1 Å². The Bertz CT molecular complexity index is 810. The van der Waals surface area contributed by atoms with Gasteiger partial charge in [-0.05, 0) is 51.0 Å². The van der Waals surface area contributed by atoms with E-state index >= 15 is 0 Å². The number of thiophene rings is 1. The Morgan fingerprint density at radius 3 is 2.56 bits per heavy atom. The summed E-state index contributed by atoms with van der Waals surface area (Å²) >= 11 is 1.37. The van der Waals surface area contributed by atoms with Crippen LogP contribution < -0.4 is 5.32 Å². The molecule has 0 radical (unpaired) electrons. The number of ether oxygens (including phenoxy) is 1. The molecule has 0 aliphatic carbocycles. The normalized spacial score (nSPS) is 11.7. The molecular weight excluding hydrogens is 338 g/mol. The van der Waals surface area contributed by atoms with E-state index in [0.717, 1.165) is 16.9 Å². The lowest BCUT2D eigenvalue weighted by molar-refractivity contribution is -0.123. The van der Waals surface area contributed by atoms with Crippen LogP contribution in [0.25, 0.3) is 0 Å².